The summed E-state index contributed by atoms with van der Waals surface area (Å²) >= 11 is 0. The number of nitrogens with two attached hydrogens (primary N) is 1. The molecule has 1 aromatic rings. The van der Waals surface area contributed by atoms with Crippen molar-refractivity contribution < 1.29 is 4.39 Å². The number of benzene rings is 1. The van der Waals surface area contributed by atoms with E-state index in [0.29, 0.717) is 0 Å². The average molecular weight is 264 g/mol. The van der Waals surface area contributed by atoms with E-state index in [2.05, 4.69) is 11.8 Å². The highest BCUT2D eigenvalue weighted by Crippen LogP contribution is 2.27. The molecule has 106 valence electrons. The van der Waals surface area contributed by atoms with E-state index in [-0.39, 0.29) is 11.4 Å². The molecule has 1 aromatic carbocycles. The monoisotopic (exact) mass is 264 g/mol. The molecule has 19 heavy (non-hydrogen) atoms. The van der Waals surface area contributed by atoms with Crippen molar-refractivity contribution in [1.82, 2.24) is 4.90 Å². The Bertz CT molecular complexity index is 384. The third-order valence-corrected chi connectivity index (χ3v) is 4.10. The summed E-state index contributed by atoms with van der Waals surface area (Å²) in [5, 5.41) is 0. The van der Waals surface area contributed by atoms with Crippen LogP contribution in [0.3, 0.4) is 0 Å². The molecular formula is C16H25FN2. The quantitative estimate of drug-likeness (QED) is 0.854. The van der Waals surface area contributed by atoms with Gasteiger partial charge in [-0.1, -0.05) is 31.9 Å². The largest absolute Gasteiger partial charge is 0.320 e. The molecular weight excluding hydrogens is 239 g/mol. The summed E-state index contributed by atoms with van der Waals surface area (Å²) in [5.41, 5.74) is 7.40. The fraction of sp³-hybridized carbons (Fsp3) is 0.625. The first-order valence-corrected chi connectivity index (χ1v) is 7.41. The third-order valence-electron chi connectivity index (χ3n) is 4.10. The van der Waals surface area contributed by atoms with Gasteiger partial charge in [0.05, 0.1) is 5.54 Å². The molecule has 0 radical (unpaired) electrons. The van der Waals surface area contributed by atoms with Crippen molar-refractivity contribution in [3.05, 3.63) is 35.6 Å². The van der Waals surface area contributed by atoms with Crippen molar-refractivity contribution in [3.8, 4) is 0 Å². The van der Waals surface area contributed by atoms with Crippen LogP contribution in [0.4, 0.5) is 4.39 Å². The molecule has 0 saturated carbocycles. The maximum atomic E-state index is 13.1. The van der Waals surface area contributed by atoms with Gasteiger partial charge >= 0.3 is 0 Å². The number of hydrogen-bond acceptors (Lipinski definition) is 2. The molecule has 0 aromatic heterocycles. The van der Waals surface area contributed by atoms with Crippen molar-refractivity contribution in [2.45, 2.75) is 44.6 Å². The van der Waals surface area contributed by atoms with Crippen LogP contribution in [0.15, 0.2) is 24.3 Å². The summed E-state index contributed by atoms with van der Waals surface area (Å²) in [6.45, 7) is 5.36. The summed E-state index contributed by atoms with van der Waals surface area (Å²) in [4.78, 5) is 2.44. The zero-order chi connectivity index (χ0) is 13.7. The second kappa shape index (κ2) is 6.49. The van der Waals surface area contributed by atoms with Gasteiger partial charge in [-0.2, -0.15) is 0 Å². The minimum absolute atomic E-state index is 0.192. The van der Waals surface area contributed by atoms with Gasteiger partial charge < -0.3 is 10.6 Å². The van der Waals surface area contributed by atoms with E-state index in [1.54, 1.807) is 0 Å². The second-order valence-corrected chi connectivity index (χ2v) is 5.75. The highest BCUT2D eigenvalue weighted by Gasteiger charge is 2.30. The topological polar surface area (TPSA) is 29.3 Å². The number of rotatable bonds is 6. The van der Waals surface area contributed by atoms with E-state index in [1.165, 1.54) is 25.0 Å². The number of nitrogens with zero attached hydrogens (tertiary/aromatic N) is 1. The van der Waals surface area contributed by atoms with Gasteiger partial charge in [0.1, 0.15) is 5.82 Å². The lowest BCUT2D eigenvalue weighted by Gasteiger charge is -2.34. The van der Waals surface area contributed by atoms with Gasteiger partial charge in [0.15, 0.2) is 0 Å². The molecule has 1 atom stereocenters. The van der Waals surface area contributed by atoms with Crippen molar-refractivity contribution in [3.63, 3.8) is 0 Å². The van der Waals surface area contributed by atoms with Crippen LogP contribution >= 0.6 is 0 Å². The first kappa shape index (κ1) is 14.5. The van der Waals surface area contributed by atoms with Gasteiger partial charge in [-0.05, 0) is 50.0 Å². The van der Waals surface area contributed by atoms with Gasteiger partial charge in [0.25, 0.3) is 0 Å². The Hall–Kier alpha value is -0.930. The number of likely N-dealkylation sites (tertiary alicyclic amines) is 1. The first-order chi connectivity index (χ1) is 9.14. The lowest BCUT2D eigenvalue weighted by molar-refractivity contribution is 0.232. The van der Waals surface area contributed by atoms with Crippen LogP contribution in [0.5, 0.6) is 0 Å². The Labute approximate surface area is 115 Å². The zero-order valence-electron chi connectivity index (χ0n) is 11.9. The molecule has 1 saturated heterocycles. The van der Waals surface area contributed by atoms with Crippen molar-refractivity contribution in [1.29, 1.82) is 0 Å². The SMILES string of the molecule is CCCCC(N)(CN1CCCC1)c1ccc(F)cc1. The molecule has 2 rings (SSSR count). The van der Waals surface area contributed by atoms with Crippen molar-refractivity contribution >= 4 is 0 Å². The molecule has 1 aliphatic rings. The first-order valence-electron chi connectivity index (χ1n) is 7.41. The molecule has 0 spiro atoms. The van der Waals surface area contributed by atoms with Gasteiger partial charge in [0.2, 0.25) is 0 Å². The van der Waals surface area contributed by atoms with Crippen LogP contribution in [0.25, 0.3) is 0 Å². The fourth-order valence-electron chi connectivity index (χ4n) is 2.93. The van der Waals surface area contributed by atoms with Crippen LogP contribution < -0.4 is 5.73 Å². The lowest BCUT2D eigenvalue weighted by atomic mass is 9.85. The summed E-state index contributed by atoms with van der Waals surface area (Å²) in [6, 6.07) is 6.74. The molecule has 1 heterocycles. The molecule has 0 amide bonds. The van der Waals surface area contributed by atoms with Gasteiger partial charge in [-0.25, -0.2) is 4.39 Å². The summed E-state index contributed by atoms with van der Waals surface area (Å²) in [7, 11) is 0. The van der Waals surface area contributed by atoms with E-state index in [1.807, 2.05) is 12.1 Å². The Morgan fingerprint density at radius 2 is 1.84 bits per heavy atom. The third kappa shape index (κ3) is 3.77. The van der Waals surface area contributed by atoms with Crippen LogP contribution in [-0.2, 0) is 5.54 Å². The molecule has 2 N–H and O–H groups in total. The molecule has 0 bridgehead atoms. The Morgan fingerprint density at radius 1 is 1.21 bits per heavy atom. The lowest BCUT2D eigenvalue weighted by Crippen LogP contribution is -2.47. The minimum Gasteiger partial charge on any atom is -0.320 e. The van der Waals surface area contributed by atoms with Gasteiger partial charge in [-0.3, -0.25) is 0 Å². The predicted molar refractivity (Wildman–Crippen MR) is 77.5 cm³/mol. The van der Waals surface area contributed by atoms with E-state index < -0.39 is 0 Å². The van der Waals surface area contributed by atoms with Crippen LogP contribution in [-0.4, -0.2) is 24.5 Å². The Morgan fingerprint density at radius 3 is 2.42 bits per heavy atom. The van der Waals surface area contributed by atoms with E-state index in [4.69, 9.17) is 5.73 Å². The Kier molecular flexibility index (Phi) is 4.94. The van der Waals surface area contributed by atoms with E-state index in [9.17, 15) is 4.39 Å². The van der Waals surface area contributed by atoms with Crippen LogP contribution in [0, 0.1) is 5.82 Å². The normalized spacial score (nSPS) is 19.5. The smallest absolute Gasteiger partial charge is 0.123 e. The van der Waals surface area contributed by atoms with Crippen molar-refractivity contribution in [2.75, 3.05) is 19.6 Å². The summed E-state index contributed by atoms with van der Waals surface area (Å²) < 4.78 is 13.1. The summed E-state index contributed by atoms with van der Waals surface area (Å²) in [6.07, 6.45) is 5.76. The van der Waals surface area contributed by atoms with Crippen LogP contribution in [0.1, 0.15) is 44.6 Å². The maximum absolute atomic E-state index is 13.1. The molecule has 1 fully saturated rings. The number of unbranched alkanes of at least 4 members (excludes halogenated alkanes) is 1. The highest BCUT2D eigenvalue weighted by atomic mass is 19.1. The molecule has 2 nitrogen and oxygen atoms in total. The predicted octanol–water partition coefficient (Wildman–Crippen LogP) is 3.27. The van der Waals surface area contributed by atoms with Gasteiger partial charge in [-0.15, -0.1) is 0 Å². The zero-order valence-corrected chi connectivity index (χ0v) is 11.9. The van der Waals surface area contributed by atoms with Crippen LogP contribution in [0.2, 0.25) is 0 Å². The fourth-order valence-corrected chi connectivity index (χ4v) is 2.93. The average Bonchev–Trinajstić information content (AvgIpc) is 2.90. The number of hydrogen-bond donors (Lipinski definition) is 1. The van der Waals surface area contributed by atoms with E-state index in [0.717, 1.165) is 44.5 Å². The van der Waals surface area contributed by atoms with E-state index >= 15 is 0 Å². The standard InChI is InChI=1S/C16H25FN2/c1-2-3-10-16(18,13-19-11-4-5-12-19)14-6-8-15(17)9-7-14/h6-9H,2-5,10-13,18H2,1H3. The van der Waals surface area contributed by atoms with Crippen molar-refractivity contribution in [2.24, 2.45) is 5.73 Å². The summed E-state index contributed by atoms with van der Waals surface area (Å²) in [5.74, 6) is -0.192. The molecule has 0 aliphatic carbocycles. The molecule has 1 unspecified atom stereocenters. The molecule has 1 aliphatic heterocycles. The molecule has 3 heteroatoms. The second-order valence-electron chi connectivity index (χ2n) is 5.75. The van der Waals surface area contributed by atoms with Gasteiger partial charge in [0, 0.05) is 6.54 Å². The maximum Gasteiger partial charge on any atom is 0.123 e. The number of halogens is 1. The highest BCUT2D eigenvalue weighted by molar-refractivity contribution is 5.25. The minimum atomic E-state index is -0.339. The Balaban J connectivity index is 2.14.